The number of nitrogens with one attached hydrogen (secondary N) is 1. The molecule has 84 valence electrons. The summed E-state index contributed by atoms with van der Waals surface area (Å²) in [5.74, 6) is 0. The maximum Gasteiger partial charge on any atom is 0.0697 e. The summed E-state index contributed by atoms with van der Waals surface area (Å²) in [7, 11) is 0. The van der Waals surface area contributed by atoms with E-state index >= 15 is 0 Å². The van der Waals surface area contributed by atoms with E-state index in [0.29, 0.717) is 6.04 Å². The zero-order chi connectivity index (χ0) is 11.4. The maximum absolute atomic E-state index is 3.94. The minimum Gasteiger partial charge on any atom is -0.310 e. The zero-order valence-corrected chi connectivity index (χ0v) is 9.59. The van der Waals surface area contributed by atoms with Crippen molar-refractivity contribution in [2.24, 2.45) is 0 Å². The molecule has 1 aromatic carbocycles. The van der Waals surface area contributed by atoms with Gasteiger partial charge >= 0.3 is 0 Å². The van der Waals surface area contributed by atoms with Crippen molar-refractivity contribution >= 4 is 0 Å². The van der Waals surface area contributed by atoms with E-state index in [9.17, 15) is 0 Å². The first-order valence-corrected chi connectivity index (χ1v) is 5.45. The predicted molar refractivity (Wildman–Crippen MR) is 63.3 cm³/mol. The monoisotopic (exact) mass is 216 g/mol. The van der Waals surface area contributed by atoms with Gasteiger partial charge in [0.15, 0.2) is 0 Å². The van der Waals surface area contributed by atoms with Crippen LogP contribution in [0.15, 0.2) is 36.7 Å². The van der Waals surface area contributed by atoms with Gasteiger partial charge in [-0.2, -0.15) is 0 Å². The van der Waals surface area contributed by atoms with E-state index in [1.54, 1.807) is 10.9 Å². The lowest BCUT2D eigenvalue weighted by atomic mass is 10.2. The van der Waals surface area contributed by atoms with Gasteiger partial charge in [0.25, 0.3) is 0 Å². The van der Waals surface area contributed by atoms with Gasteiger partial charge in [0.2, 0.25) is 0 Å². The molecular weight excluding hydrogens is 200 g/mol. The van der Waals surface area contributed by atoms with Gasteiger partial charge in [0.1, 0.15) is 0 Å². The van der Waals surface area contributed by atoms with E-state index < -0.39 is 0 Å². The Labute approximate surface area is 95.3 Å². The quantitative estimate of drug-likeness (QED) is 0.847. The van der Waals surface area contributed by atoms with Gasteiger partial charge in [-0.25, -0.2) is 4.68 Å². The average molecular weight is 216 g/mol. The van der Waals surface area contributed by atoms with Crippen molar-refractivity contribution in [3.63, 3.8) is 0 Å². The second-order valence-electron chi connectivity index (χ2n) is 4.05. The van der Waals surface area contributed by atoms with Crippen LogP contribution >= 0.6 is 0 Å². The Morgan fingerprint density at radius 3 is 2.56 bits per heavy atom. The molecule has 0 aliphatic rings. The van der Waals surface area contributed by atoms with Gasteiger partial charge in [-0.1, -0.05) is 31.2 Å². The molecule has 4 nitrogen and oxygen atoms in total. The third-order valence-electron chi connectivity index (χ3n) is 2.34. The SMILES string of the molecule is CC(C)NCc1ccc(-n2ccnn2)cc1. The summed E-state index contributed by atoms with van der Waals surface area (Å²) in [6.45, 7) is 5.18. The first kappa shape index (κ1) is 10.8. The minimum atomic E-state index is 0.509. The summed E-state index contributed by atoms with van der Waals surface area (Å²) >= 11 is 0. The van der Waals surface area contributed by atoms with Crippen molar-refractivity contribution in [2.75, 3.05) is 0 Å². The lowest BCUT2D eigenvalue weighted by Crippen LogP contribution is -2.21. The second-order valence-corrected chi connectivity index (χ2v) is 4.05. The van der Waals surface area contributed by atoms with Gasteiger partial charge in [-0.15, -0.1) is 5.10 Å². The summed E-state index contributed by atoms with van der Waals surface area (Å²) in [6.07, 6.45) is 3.51. The Balaban J connectivity index is 2.05. The predicted octanol–water partition coefficient (Wildman–Crippen LogP) is 1.77. The van der Waals surface area contributed by atoms with Crippen molar-refractivity contribution < 1.29 is 0 Å². The third-order valence-corrected chi connectivity index (χ3v) is 2.34. The fourth-order valence-electron chi connectivity index (χ4n) is 1.43. The lowest BCUT2D eigenvalue weighted by Gasteiger charge is -2.08. The number of nitrogens with zero attached hydrogens (tertiary/aromatic N) is 3. The third kappa shape index (κ3) is 2.67. The topological polar surface area (TPSA) is 42.7 Å². The van der Waals surface area contributed by atoms with Gasteiger partial charge < -0.3 is 5.32 Å². The molecule has 2 rings (SSSR count). The maximum atomic E-state index is 3.94. The second kappa shape index (κ2) is 4.90. The highest BCUT2D eigenvalue weighted by Gasteiger charge is 1.98. The molecule has 0 aliphatic carbocycles. The van der Waals surface area contributed by atoms with Gasteiger partial charge in [-0.05, 0) is 17.7 Å². The summed E-state index contributed by atoms with van der Waals surface area (Å²) in [5.41, 5.74) is 2.31. The van der Waals surface area contributed by atoms with Crippen LogP contribution in [0.4, 0.5) is 0 Å². The Bertz CT molecular complexity index is 417. The van der Waals surface area contributed by atoms with Crippen molar-refractivity contribution in [3.8, 4) is 5.69 Å². The van der Waals surface area contributed by atoms with E-state index in [1.807, 2.05) is 18.3 Å². The number of hydrogen-bond acceptors (Lipinski definition) is 3. The molecule has 2 aromatic rings. The molecule has 1 aromatic heterocycles. The molecule has 0 saturated carbocycles. The summed E-state index contributed by atoms with van der Waals surface area (Å²) in [5, 5.41) is 11.1. The molecule has 0 aliphatic heterocycles. The van der Waals surface area contributed by atoms with Crippen LogP contribution < -0.4 is 5.32 Å². The van der Waals surface area contributed by atoms with Crippen molar-refractivity contribution in [1.82, 2.24) is 20.3 Å². The van der Waals surface area contributed by atoms with Crippen LogP contribution in [0, 0.1) is 0 Å². The fourth-order valence-corrected chi connectivity index (χ4v) is 1.43. The summed E-state index contributed by atoms with van der Waals surface area (Å²) in [4.78, 5) is 0. The van der Waals surface area contributed by atoms with Crippen LogP contribution in [0.25, 0.3) is 5.69 Å². The summed E-state index contributed by atoms with van der Waals surface area (Å²) < 4.78 is 1.75. The minimum absolute atomic E-state index is 0.509. The van der Waals surface area contributed by atoms with E-state index in [4.69, 9.17) is 0 Å². The van der Waals surface area contributed by atoms with E-state index in [-0.39, 0.29) is 0 Å². The zero-order valence-electron chi connectivity index (χ0n) is 9.59. The van der Waals surface area contributed by atoms with Crippen LogP contribution in [0.1, 0.15) is 19.4 Å². The number of benzene rings is 1. The van der Waals surface area contributed by atoms with Crippen LogP contribution in [0.3, 0.4) is 0 Å². The lowest BCUT2D eigenvalue weighted by molar-refractivity contribution is 0.589. The largest absolute Gasteiger partial charge is 0.310 e. The molecule has 0 atom stereocenters. The van der Waals surface area contributed by atoms with Gasteiger partial charge in [0.05, 0.1) is 18.1 Å². The molecule has 0 amide bonds. The van der Waals surface area contributed by atoms with Gasteiger partial charge in [0, 0.05) is 12.6 Å². The molecule has 4 heteroatoms. The van der Waals surface area contributed by atoms with Crippen molar-refractivity contribution in [3.05, 3.63) is 42.2 Å². The summed E-state index contributed by atoms with van der Waals surface area (Å²) in [6, 6.07) is 8.81. The molecule has 0 radical (unpaired) electrons. The Morgan fingerprint density at radius 2 is 2.00 bits per heavy atom. The molecule has 1 N–H and O–H groups in total. The normalized spacial score (nSPS) is 10.9. The van der Waals surface area contributed by atoms with Crippen LogP contribution in [-0.4, -0.2) is 21.0 Å². The smallest absolute Gasteiger partial charge is 0.0697 e. The van der Waals surface area contributed by atoms with Crippen LogP contribution in [0.5, 0.6) is 0 Å². The Kier molecular flexibility index (Phi) is 3.31. The van der Waals surface area contributed by atoms with Gasteiger partial charge in [-0.3, -0.25) is 0 Å². The Hall–Kier alpha value is -1.68. The van der Waals surface area contributed by atoms with Crippen LogP contribution in [-0.2, 0) is 6.54 Å². The molecule has 16 heavy (non-hydrogen) atoms. The van der Waals surface area contributed by atoms with Crippen molar-refractivity contribution in [2.45, 2.75) is 26.4 Å². The number of aromatic nitrogens is 3. The van der Waals surface area contributed by atoms with E-state index in [2.05, 4.69) is 41.6 Å². The standard InChI is InChI=1S/C12H16N4/c1-10(2)13-9-11-3-5-12(6-4-11)16-8-7-14-15-16/h3-8,10,13H,9H2,1-2H3. The van der Waals surface area contributed by atoms with Crippen LogP contribution in [0.2, 0.25) is 0 Å². The molecule has 0 spiro atoms. The highest BCUT2D eigenvalue weighted by Crippen LogP contribution is 2.07. The van der Waals surface area contributed by atoms with Crippen molar-refractivity contribution in [1.29, 1.82) is 0 Å². The molecule has 1 heterocycles. The Morgan fingerprint density at radius 1 is 1.25 bits per heavy atom. The average Bonchev–Trinajstić information content (AvgIpc) is 2.80. The van der Waals surface area contributed by atoms with E-state index in [0.717, 1.165) is 12.2 Å². The molecule has 0 bridgehead atoms. The van der Waals surface area contributed by atoms with E-state index in [1.165, 1.54) is 5.56 Å². The molecule has 0 fully saturated rings. The first-order chi connectivity index (χ1) is 7.75. The number of rotatable bonds is 4. The fraction of sp³-hybridized carbons (Fsp3) is 0.333. The molecular formula is C12H16N4. The first-order valence-electron chi connectivity index (χ1n) is 5.45. The number of hydrogen-bond donors (Lipinski definition) is 1. The highest BCUT2D eigenvalue weighted by atomic mass is 15.4. The molecule has 0 unspecified atom stereocenters. The highest BCUT2D eigenvalue weighted by molar-refractivity contribution is 5.33. The molecule has 0 saturated heterocycles.